The van der Waals surface area contributed by atoms with Crippen LogP contribution < -0.4 is 10.6 Å². The lowest BCUT2D eigenvalue weighted by Gasteiger charge is -2.38. The average Bonchev–Trinajstić information content (AvgIpc) is 2.22. The number of nitrogen functional groups attached to an aromatic ring is 1. The normalized spacial score (nSPS) is 26.7. The molecule has 1 aliphatic rings. The molecule has 2 rings (SSSR count). The Bertz CT molecular complexity index is 342. The molecule has 1 aliphatic heterocycles. The zero-order chi connectivity index (χ0) is 10.8. The highest BCUT2D eigenvalue weighted by Gasteiger charge is 2.23. The lowest BCUT2D eigenvalue weighted by atomic mass is 10.2. The van der Waals surface area contributed by atoms with Crippen molar-refractivity contribution in [3.8, 4) is 0 Å². The van der Waals surface area contributed by atoms with Crippen LogP contribution in [0.25, 0.3) is 0 Å². The van der Waals surface area contributed by atoms with E-state index in [0.29, 0.717) is 11.9 Å². The number of aromatic nitrogens is 1. The van der Waals surface area contributed by atoms with Gasteiger partial charge >= 0.3 is 0 Å². The van der Waals surface area contributed by atoms with Gasteiger partial charge in [-0.25, -0.2) is 4.98 Å². The molecule has 4 heteroatoms. The Balaban J connectivity index is 2.21. The van der Waals surface area contributed by atoms with Crippen molar-refractivity contribution in [2.24, 2.45) is 0 Å². The molecular formula is C11H17N3O. The molecule has 2 N–H and O–H groups in total. The van der Waals surface area contributed by atoms with Crippen LogP contribution in [0.1, 0.15) is 13.8 Å². The van der Waals surface area contributed by atoms with Crippen molar-refractivity contribution in [3.05, 3.63) is 18.3 Å². The molecule has 0 amide bonds. The molecule has 1 saturated heterocycles. The Morgan fingerprint density at radius 2 is 2.33 bits per heavy atom. The Hall–Kier alpha value is -1.29. The average molecular weight is 207 g/mol. The molecule has 15 heavy (non-hydrogen) atoms. The molecule has 2 unspecified atom stereocenters. The maximum absolute atomic E-state index is 5.68. The summed E-state index contributed by atoms with van der Waals surface area (Å²) in [4.78, 5) is 6.31. The van der Waals surface area contributed by atoms with E-state index in [1.165, 1.54) is 0 Å². The van der Waals surface area contributed by atoms with Crippen molar-refractivity contribution < 1.29 is 4.74 Å². The monoisotopic (exact) mass is 207 g/mol. The number of pyridine rings is 1. The number of rotatable bonds is 1. The molecule has 1 fully saturated rings. The fourth-order valence-corrected chi connectivity index (χ4v) is 1.88. The van der Waals surface area contributed by atoms with Gasteiger partial charge in [0.05, 0.1) is 12.7 Å². The first-order valence-corrected chi connectivity index (χ1v) is 5.26. The molecule has 1 aromatic rings. The largest absolute Gasteiger partial charge is 0.384 e. The van der Waals surface area contributed by atoms with E-state index in [0.717, 1.165) is 18.8 Å². The van der Waals surface area contributed by atoms with Gasteiger partial charge in [0.25, 0.3) is 0 Å². The van der Waals surface area contributed by atoms with Crippen molar-refractivity contribution in [1.29, 1.82) is 0 Å². The van der Waals surface area contributed by atoms with Crippen LogP contribution in [0.5, 0.6) is 0 Å². The quantitative estimate of drug-likeness (QED) is 0.753. The van der Waals surface area contributed by atoms with E-state index in [9.17, 15) is 0 Å². The summed E-state index contributed by atoms with van der Waals surface area (Å²) in [6, 6.07) is 4.29. The van der Waals surface area contributed by atoms with E-state index in [-0.39, 0.29) is 6.10 Å². The molecule has 2 atom stereocenters. The topological polar surface area (TPSA) is 51.4 Å². The smallest absolute Gasteiger partial charge is 0.125 e. The lowest BCUT2D eigenvalue weighted by Crippen LogP contribution is -2.47. The Morgan fingerprint density at radius 3 is 3.07 bits per heavy atom. The molecule has 0 bridgehead atoms. The van der Waals surface area contributed by atoms with Crippen molar-refractivity contribution >= 4 is 11.5 Å². The van der Waals surface area contributed by atoms with Gasteiger partial charge in [-0.2, -0.15) is 0 Å². The zero-order valence-corrected chi connectivity index (χ0v) is 9.18. The van der Waals surface area contributed by atoms with Gasteiger partial charge in [0.1, 0.15) is 5.82 Å². The first-order valence-electron chi connectivity index (χ1n) is 5.26. The SMILES string of the molecule is CC1CN(c2ccnc(N)c2)C(C)CO1. The molecule has 1 aromatic heterocycles. The summed E-state index contributed by atoms with van der Waals surface area (Å²) in [6.45, 7) is 5.92. The Kier molecular flexibility index (Phi) is 2.77. The Labute approximate surface area is 90.0 Å². The third-order valence-electron chi connectivity index (χ3n) is 2.70. The second-order valence-electron chi connectivity index (χ2n) is 4.08. The summed E-state index contributed by atoms with van der Waals surface area (Å²) in [6.07, 6.45) is 2.02. The van der Waals surface area contributed by atoms with Crippen molar-refractivity contribution in [1.82, 2.24) is 4.98 Å². The molecule has 4 nitrogen and oxygen atoms in total. The molecule has 2 heterocycles. The van der Waals surface area contributed by atoms with Crippen LogP contribution in [-0.2, 0) is 4.74 Å². The number of morpholine rings is 1. The highest BCUT2D eigenvalue weighted by atomic mass is 16.5. The van der Waals surface area contributed by atoms with Crippen LogP contribution >= 0.6 is 0 Å². The molecule has 0 saturated carbocycles. The third-order valence-corrected chi connectivity index (χ3v) is 2.70. The van der Waals surface area contributed by atoms with Gasteiger partial charge in [-0.3, -0.25) is 0 Å². The van der Waals surface area contributed by atoms with E-state index in [4.69, 9.17) is 10.5 Å². The standard InChI is InChI=1S/C11H17N3O/c1-8-7-15-9(2)6-14(8)10-3-4-13-11(12)5-10/h3-5,8-9H,6-7H2,1-2H3,(H2,12,13). The second-order valence-corrected chi connectivity index (χ2v) is 4.08. The third kappa shape index (κ3) is 2.21. The molecule has 82 valence electrons. The fraction of sp³-hybridized carbons (Fsp3) is 0.545. The zero-order valence-electron chi connectivity index (χ0n) is 9.18. The van der Waals surface area contributed by atoms with Crippen molar-refractivity contribution in [2.45, 2.75) is 26.0 Å². The fourth-order valence-electron chi connectivity index (χ4n) is 1.88. The predicted octanol–water partition coefficient (Wildman–Crippen LogP) is 1.28. The molecule has 0 aromatic carbocycles. The van der Waals surface area contributed by atoms with Crippen LogP contribution in [0.2, 0.25) is 0 Å². The lowest BCUT2D eigenvalue weighted by molar-refractivity contribution is 0.0344. The van der Waals surface area contributed by atoms with E-state index < -0.39 is 0 Å². The van der Waals surface area contributed by atoms with Gasteiger partial charge in [0, 0.05) is 30.5 Å². The van der Waals surface area contributed by atoms with Crippen LogP contribution in [0, 0.1) is 0 Å². The summed E-state index contributed by atoms with van der Waals surface area (Å²) in [7, 11) is 0. The number of hydrogen-bond acceptors (Lipinski definition) is 4. The van der Waals surface area contributed by atoms with Gasteiger partial charge in [0.15, 0.2) is 0 Å². The second kappa shape index (κ2) is 4.06. The first-order chi connectivity index (χ1) is 7.16. The maximum Gasteiger partial charge on any atom is 0.125 e. The number of anilines is 2. The van der Waals surface area contributed by atoms with Gasteiger partial charge in [-0.05, 0) is 19.9 Å². The molecule has 0 radical (unpaired) electrons. The van der Waals surface area contributed by atoms with E-state index in [2.05, 4.69) is 23.7 Å². The molecule has 0 aliphatic carbocycles. The maximum atomic E-state index is 5.68. The van der Waals surface area contributed by atoms with Crippen molar-refractivity contribution in [3.63, 3.8) is 0 Å². The van der Waals surface area contributed by atoms with Crippen molar-refractivity contribution in [2.75, 3.05) is 23.8 Å². The minimum Gasteiger partial charge on any atom is -0.384 e. The predicted molar refractivity (Wildman–Crippen MR) is 60.9 cm³/mol. The number of nitrogens with two attached hydrogens (primary N) is 1. The van der Waals surface area contributed by atoms with Crippen LogP contribution in [0.3, 0.4) is 0 Å². The van der Waals surface area contributed by atoms with Gasteiger partial charge in [-0.15, -0.1) is 0 Å². The van der Waals surface area contributed by atoms with E-state index in [1.807, 2.05) is 12.1 Å². The summed E-state index contributed by atoms with van der Waals surface area (Å²) in [5.74, 6) is 0.568. The van der Waals surface area contributed by atoms with Crippen LogP contribution in [0.4, 0.5) is 11.5 Å². The van der Waals surface area contributed by atoms with Crippen LogP contribution in [-0.4, -0.2) is 30.3 Å². The minimum atomic E-state index is 0.274. The molecular weight excluding hydrogens is 190 g/mol. The molecule has 0 spiro atoms. The minimum absolute atomic E-state index is 0.274. The van der Waals surface area contributed by atoms with E-state index >= 15 is 0 Å². The van der Waals surface area contributed by atoms with Gasteiger partial charge in [0.2, 0.25) is 0 Å². The number of hydrogen-bond donors (Lipinski definition) is 1. The van der Waals surface area contributed by atoms with E-state index in [1.54, 1.807) is 6.20 Å². The summed E-state index contributed by atoms with van der Waals surface area (Å²) in [5.41, 5.74) is 6.81. The summed E-state index contributed by atoms with van der Waals surface area (Å²) < 4.78 is 5.58. The van der Waals surface area contributed by atoms with Crippen LogP contribution in [0.15, 0.2) is 18.3 Å². The highest BCUT2D eigenvalue weighted by molar-refractivity contribution is 5.53. The first kappa shape index (κ1) is 10.2. The number of nitrogens with zero attached hydrogens (tertiary/aromatic N) is 2. The van der Waals surface area contributed by atoms with Gasteiger partial charge in [-0.1, -0.05) is 0 Å². The van der Waals surface area contributed by atoms with Gasteiger partial charge < -0.3 is 15.4 Å². The summed E-state index contributed by atoms with van der Waals surface area (Å²) in [5, 5.41) is 0. The number of ether oxygens (including phenoxy) is 1. The summed E-state index contributed by atoms with van der Waals surface area (Å²) >= 11 is 0. The Morgan fingerprint density at radius 1 is 1.53 bits per heavy atom. The highest BCUT2D eigenvalue weighted by Crippen LogP contribution is 2.22.